The molecule has 0 aromatic carbocycles. The molecule has 0 amide bonds. The van der Waals surface area contributed by atoms with Crippen LogP contribution in [0.15, 0.2) is 35.1 Å². The maximum atomic E-state index is 10.6. The molecule has 3 heteroatoms. The summed E-state index contributed by atoms with van der Waals surface area (Å²) in [5.41, 5.74) is 1.61. The Morgan fingerprint density at radius 1 is 1.50 bits per heavy atom. The molecule has 1 heterocycles. The van der Waals surface area contributed by atoms with Crippen LogP contribution in [0.3, 0.4) is 0 Å². The summed E-state index contributed by atoms with van der Waals surface area (Å²) in [6.07, 6.45) is 8.42. The van der Waals surface area contributed by atoms with Crippen molar-refractivity contribution in [3.63, 3.8) is 0 Å². The fraction of sp³-hybridized carbons (Fsp3) is 0.647. The van der Waals surface area contributed by atoms with Gasteiger partial charge >= 0.3 is 0 Å². The van der Waals surface area contributed by atoms with Crippen LogP contribution >= 0.6 is 0 Å². The zero-order valence-electron chi connectivity index (χ0n) is 13.4. The molecule has 1 atom stereocenters. The van der Waals surface area contributed by atoms with Crippen LogP contribution in [0.4, 0.5) is 0 Å². The molecule has 0 radical (unpaired) electrons. The van der Waals surface area contributed by atoms with Gasteiger partial charge in [-0.05, 0) is 38.7 Å². The van der Waals surface area contributed by atoms with Crippen LogP contribution in [0.1, 0.15) is 47.0 Å². The van der Waals surface area contributed by atoms with Crippen LogP contribution in [-0.4, -0.2) is 30.5 Å². The molecule has 1 aliphatic rings. The van der Waals surface area contributed by atoms with E-state index in [-0.39, 0.29) is 11.7 Å². The quantitative estimate of drug-likeness (QED) is 0.602. The van der Waals surface area contributed by atoms with E-state index in [1.54, 1.807) is 7.11 Å². The minimum Gasteiger partial charge on any atom is -0.508 e. The van der Waals surface area contributed by atoms with E-state index in [4.69, 9.17) is 9.47 Å². The van der Waals surface area contributed by atoms with Gasteiger partial charge in [-0.2, -0.15) is 0 Å². The van der Waals surface area contributed by atoms with Gasteiger partial charge in [0.1, 0.15) is 5.76 Å². The summed E-state index contributed by atoms with van der Waals surface area (Å²) in [5, 5.41) is 10.6. The van der Waals surface area contributed by atoms with Gasteiger partial charge in [-0.25, -0.2) is 0 Å². The number of ether oxygens (including phenoxy) is 2. The molecule has 0 aliphatic carbocycles. The van der Waals surface area contributed by atoms with E-state index in [2.05, 4.69) is 19.1 Å². The van der Waals surface area contributed by atoms with Crippen molar-refractivity contribution in [2.24, 2.45) is 0 Å². The van der Waals surface area contributed by atoms with Crippen molar-refractivity contribution in [2.75, 3.05) is 13.7 Å². The highest BCUT2D eigenvalue weighted by atomic mass is 16.5. The number of aliphatic hydroxyl groups is 1. The van der Waals surface area contributed by atoms with Crippen LogP contribution in [0.5, 0.6) is 0 Å². The summed E-state index contributed by atoms with van der Waals surface area (Å²) in [4.78, 5) is 0. The van der Waals surface area contributed by atoms with E-state index < -0.39 is 0 Å². The smallest absolute Gasteiger partial charge is 0.120 e. The van der Waals surface area contributed by atoms with E-state index >= 15 is 0 Å². The number of allylic oxidation sites excluding steroid dienone is 2. The summed E-state index contributed by atoms with van der Waals surface area (Å²) in [6, 6.07) is 0. The standard InChI is InChI=1S/C17H28O3/c1-6-13(10-12-19-5)16(18)14-9-8-11-17(3,4)20-15(14)7-2/h8,10-11,15,18H,6-7,9,12H2,1-5H3/b13-10+,16-14+. The van der Waals surface area contributed by atoms with Crippen molar-refractivity contribution in [1.82, 2.24) is 0 Å². The minimum atomic E-state index is -0.286. The Hall–Kier alpha value is -1.06. The molecule has 0 aromatic rings. The van der Waals surface area contributed by atoms with Crippen molar-refractivity contribution in [3.05, 3.63) is 35.1 Å². The van der Waals surface area contributed by atoms with E-state index in [0.29, 0.717) is 12.4 Å². The van der Waals surface area contributed by atoms with Gasteiger partial charge in [0, 0.05) is 12.7 Å². The van der Waals surface area contributed by atoms with Crippen LogP contribution in [-0.2, 0) is 9.47 Å². The second-order valence-corrected chi connectivity index (χ2v) is 5.64. The van der Waals surface area contributed by atoms with Gasteiger partial charge in [0.15, 0.2) is 0 Å². The molecular formula is C17H28O3. The molecule has 0 fully saturated rings. The second-order valence-electron chi connectivity index (χ2n) is 5.64. The van der Waals surface area contributed by atoms with Gasteiger partial charge in [0.05, 0.1) is 18.3 Å². The maximum Gasteiger partial charge on any atom is 0.120 e. The topological polar surface area (TPSA) is 38.7 Å². The number of methoxy groups -OCH3 is 1. The predicted octanol–water partition coefficient (Wildman–Crippen LogP) is 4.32. The van der Waals surface area contributed by atoms with Gasteiger partial charge in [0.25, 0.3) is 0 Å². The predicted molar refractivity (Wildman–Crippen MR) is 82.9 cm³/mol. The van der Waals surface area contributed by atoms with Crippen molar-refractivity contribution in [1.29, 1.82) is 0 Å². The summed E-state index contributed by atoms with van der Waals surface area (Å²) in [7, 11) is 1.66. The monoisotopic (exact) mass is 280 g/mol. The molecule has 1 N–H and O–H groups in total. The Balaban J connectivity index is 3.11. The van der Waals surface area contributed by atoms with Crippen molar-refractivity contribution in [2.45, 2.75) is 58.7 Å². The fourth-order valence-electron chi connectivity index (χ4n) is 2.46. The molecule has 3 nitrogen and oxygen atoms in total. The first-order chi connectivity index (χ1) is 9.45. The van der Waals surface area contributed by atoms with Gasteiger partial charge in [-0.3, -0.25) is 0 Å². The number of hydrogen-bond donors (Lipinski definition) is 1. The van der Waals surface area contributed by atoms with Gasteiger partial charge < -0.3 is 14.6 Å². The summed E-state index contributed by atoms with van der Waals surface area (Å²) < 4.78 is 11.2. The highest BCUT2D eigenvalue weighted by Crippen LogP contribution is 2.31. The normalized spacial score (nSPS) is 25.4. The molecule has 0 saturated heterocycles. The Bertz CT molecular complexity index is 402. The van der Waals surface area contributed by atoms with Crippen molar-refractivity contribution in [3.8, 4) is 0 Å². The summed E-state index contributed by atoms with van der Waals surface area (Å²) >= 11 is 0. The number of hydrogen-bond acceptors (Lipinski definition) is 3. The lowest BCUT2D eigenvalue weighted by Crippen LogP contribution is -2.28. The minimum absolute atomic E-state index is 0.0440. The molecule has 114 valence electrons. The highest BCUT2D eigenvalue weighted by Gasteiger charge is 2.27. The van der Waals surface area contributed by atoms with Crippen LogP contribution in [0.25, 0.3) is 0 Å². The van der Waals surface area contributed by atoms with Crippen LogP contribution < -0.4 is 0 Å². The van der Waals surface area contributed by atoms with E-state index in [9.17, 15) is 5.11 Å². The Morgan fingerprint density at radius 3 is 2.75 bits per heavy atom. The Kier molecular flexibility index (Phi) is 6.50. The average molecular weight is 280 g/mol. The first-order valence-electron chi connectivity index (χ1n) is 7.41. The molecule has 0 spiro atoms. The lowest BCUT2D eigenvalue weighted by Gasteiger charge is -2.27. The Morgan fingerprint density at radius 2 is 2.20 bits per heavy atom. The fourth-order valence-corrected chi connectivity index (χ4v) is 2.46. The molecule has 1 aliphatic heterocycles. The summed E-state index contributed by atoms with van der Waals surface area (Å²) in [6.45, 7) is 8.74. The number of rotatable bonds is 5. The molecule has 0 saturated carbocycles. The van der Waals surface area contributed by atoms with E-state index in [1.807, 2.05) is 26.8 Å². The van der Waals surface area contributed by atoms with Crippen molar-refractivity contribution >= 4 is 0 Å². The van der Waals surface area contributed by atoms with Gasteiger partial charge in [-0.1, -0.05) is 32.1 Å². The van der Waals surface area contributed by atoms with E-state index in [1.165, 1.54) is 0 Å². The lowest BCUT2D eigenvalue weighted by atomic mass is 9.98. The van der Waals surface area contributed by atoms with Gasteiger partial charge in [-0.15, -0.1) is 0 Å². The molecular weight excluding hydrogens is 252 g/mol. The first kappa shape index (κ1) is 17.0. The molecule has 0 bridgehead atoms. The summed E-state index contributed by atoms with van der Waals surface area (Å²) in [5.74, 6) is 0.374. The molecule has 20 heavy (non-hydrogen) atoms. The van der Waals surface area contributed by atoms with Crippen molar-refractivity contribution < 1.29 is 14.6 Å². The SMILES string of the molecule is CCC(=C\COC)/C(O)=C1/CC=CC(C)(C)OC1CC. The third kappa shape index (κ3) is 4.50. The Labute approximate surface area is 123 Å². The average Bonchev–Trinajstić information content (AvgIpc) is 2.57. The second kappa shape index (κ2) is 7.65. The third-order valence-corrected chi connectivity index (χ3v) is 3.55. The zero-order chi connectivity index (χ0) is 15.2. The van der Waals surface area contributed by atoms with Crippen LogP contribution in [0, 0.1) is 0 Å². The lowest BCUT2D eigenvalue weighted by molar-refractivity contribution is -0.0240. The van der Waals surface area contributed by atoms with Gasteiger partial charge in [0.2, 0.25) is 0 Å². The largest absolute Gasteiger partial charge is 0.508 e. The first-order valence-corrected chi connectivity index (χ1v) is 7.41. The third-order valence-electron chi connectivity index (χ3n) is 3.55. The van der Waals surface area contributed by atoms with Crippen LogP contribution in [0.2, 0.25) is 0 Å². The number of aliphatic hydroxyl groups excluding tert-OH is 1. The zero-order valence-corrected chi connectivity index (χ0v) is 13.4. The highest BCUT2D eigenvalue weighted by molar-refractivity contribution is 5.34. The molecule has 1 unspecified atom stereocenters. The van der Waals surface area contributed by atoms with E-state index in [0.717, 1.165) is 30.4 Å². The molecule has 0 aromatic heterocycles. The maximum absolute atomic E-state index is 10.6. The molecule has 1 rings (SSSR count).